The van der Waals surface area contributed by atoms with E-state index in [2.05, 4.69) is 5.43 Å². The van der Waals surface area contributed by atoms with Gasteiger partial charge < -0.3 is 14.6 Å². The van der Waals surface area contributed by atoms with Gasteiger partial charge in [0.25, 0.3) is 5.91 Å². The van der Waals surface area contributed by atoms with E-state index in [1.54, 1.807) is 0 Å². The number of amides is 1. The van der Waals surface area contributed by atoms with E-state index in [4.69, 9.17) is 15.3 Å². The topological polar surface area (TPSA) is 97.0 Å². The average molecular weight is 233 g/mol. The number of nitrogens with two attached hydrogens (primary N) is 1. The molecule has 0 aromatic rings. The van der Waals surface area contributed by atoms with Crippen LogP contribution in [0.4, 0.5) is 0 Å². The maximum atomic E-state index is 11.6. The van der Waals surface area contributed by atoms with Gasteiger partial charge in [-0.25, -0.2) is 5.84 Å². The molecule has 1 aliphatic rings. The Kier molecular flexibility index (Phi) is 5.64. The number of methoxy groups -OCH3 is 1. The van der Waals surface area contributed by atoms with Crippen molar-refractivity contribution in [1.82, 2.24) is 10.3 Å². The number of morpholine rings is 1. The number of carbonyl (C=O) groups excluding carboxylic acids is 1. The first-order chi connectivity index (χ1) is 7.74. The first kappa shape index (κ1) is 13.3. The molecule has 7 nitrogen and oxygen atoms in total. The molecule has 0 aromatic carbocycles. The zero-order valence-electron chi connectivity index (χ0n) is 9.39. The molecule has 4 N–H and O–H groups in total. The Morgan fingerprint density at radius 1 is 1.81 bits per heavy atom. The normalized spacial score (nSPS) is 24.1. The van der Waals surface area contributed by atoms with E-state index >= 15 is 0 Å². The van der Waals surface area contributed by atoms with E-state index in [0.29, 0.717) is 19.8 Å². The summed E-state index contributed by atoms with van der Waals surface area (Å²) >= 11 is 0. The molecule has 2 atom stereocenters. The van der Waals surface area contributed by atoms with Crippen molar-refractivity contribution < 1.29 is 19.4 Å². The molecular formula is C9H19N3O4. The van der Waals surface area contributed by atoms with Gasteiger partial charge in [0.15, 0.2) is 0 Å². The standard InChI is InChI=1S/C9H19N3O4/c1-15-6-8(9(14)11-10)12-2-3-16-5-7(12)4-13/h7-8,13H,2-6,10H2,1H3,(H,11,14). The molecule has 0 saturated carbocycles. The average Bonchev–Trinajstić information content (AvgIpc) is 2.35. The number of hydrogen-bond donors (Lipinski definition) is 3. The van der Waals surface area contributed by atoms with Gasteiger partial charge in [-0.15, -0.1) is 0 Å². The monoisotopic (exact) mass is 233 g/mol. The van der Waals surface area contributed by atoms with Crippen LogP contribution in [0.2, 0.25) is 0 Å². The van der Waals surface area contributed by atoms with Gasteiger partial charge >= 0.3 is 0 Å². The van der Waals surface area contributed by atoms with Gasteiger partial charge in [-0.3, -0.25) is 15.1 Å². The first-order valence-corrected chi connectivity index (χ1v) is 5.18. The number of carbonyl (C=O) groups is 1. The molecule has 7 heteroatoms. The predicted molar refractivity (Wildman–Crippen MR) is 56.4 cm³/mol. The van der Waals surface area contributed by atoms with Crippen molar-refractivity contribution in [3.05, 3.63) is 0 Å². The minimum Gasteiger partial charge on any atom is -0.395 e. The van der Waals surface area contributed by atoms with Crippen molar-refractivity contribution in [3.8, 4) is 0 Å². The molecule has 1 amide bonds. The molecule has 0 spiro atoms. The van der Waals surface area contributed by atoms with Crippen molar-refractivity contribution in [2.24, 2.45) is 5.84 Å². The number of rotatable bonds is 5. The summed E-state index contributed by atoms with van der Waals surface area (Å²) in [4.78, 5) is 13.4. The molecule has 0 bridgehead atoms. The lowest BCUT2D eigenvalue weighted by molar-refractivity contribution is -0.134. The third kappa shape index (κ3) is 3.13. The van der Waals surface area contributed by atoms with Crippen LogP contribution in [0.25, 0.3) is 0 Å². The summed E-state index contributed by atoms with van der Waals surface area (Å²) in [5.41, 5.74) is 2.11. The lowest BCUT2D eigenvalue weighted by Crippen LogP contribution is -2.59. The van der Waals surface area contributed by atoms with Crippen LogP contribution in [0.3, 0.4) is 0 Å². The van der Waals surface area contributed by atoms with Crippen LogP contribution < -0.4 is 11.3 Å². The number of ether oxygens (including phenoxy) is 2. The van der Waals surface area contributed by atoms with Crippen LogP contribution in [0.15, 0.2) is 0 Å². The molecular weight excluding hydrogens is 214 g/mol. The number of nitrogens with one attached hydrogen (secondary N) is 1. The molecule has 1 saturated heterocycles. The molecule has 16 heavy (non-hydrogen) atoms. The molecule has 1 rings (SSSR count). The number of hydrogen-bond acceptors (Lipinski definition) is 6. The fourth-order valence-electron chi connectivity index (χ4n) is 1.81. The Bertz CT molecular complexity index is 227. The third-order valence-electron chi connectivity index (χ3n) is 2.65. The quantitative estimate of drug-likeness (QED) is 0.280. The summed E-state index contributed by atoms with van der Waals surface area (Å²) in [6, 6.07) is -0.678. The number of aliphatic hydroxyl groups is 1. The van der Waals surface area contributed by atoms with Crippen LogP contribution in [0, 0.1) is 0 Å². The smallest absolute Gasteiger partial charge is 0.253 e. The van der Waals surface area contributed by atoms with Crippen LogP contribution in [-0.2, 0) is 14.3 Å². The van der Waals surface area contributed by atoms with E-state index in [1.165, 1.54) is 7.11 Å². The number of aliphatic hydroxyl groups excluding tert-OH is 1. The molecule has 0 radical (unpaired) electrons. The Hall–Kier alpha value is -0.730. The van der Waals surface area contributed by atoms with E-state index in [9.17, 15) is 9.90 Å². The highest BCUT2D eigenvalue weighted by Gasteiger charge is 2.33. The summed E-state index contributed by atoms with van der Waals surface area (Å²) in [6.07, 6.45) is 0. The van der Waals surface area contributed by atoms with Crippen molar-refractivity contribution in [1.29, 1.82) is 0 Å². The second-order valence-corrected chi connectivity index (χ2v) is 3.63. The highest BCUT2D eigenvalue weighted by Crippen LogP contribution is 2.11. The van der Waals surface area contributed by atoms with Crippen molar-refractivity contribution in [3.63, 3.8) is 0 Å². The molecule has 94 valence electrons. The molecule has 1 heterocycles. The minimum absolute atomic E-state index is 0.0575. The minimum atomic E-state index is -0.490. The van der Waals surface area contributed by atoms with Gasteiger partial charge in [-0.2, -0.15) is 0 Å². The van der Waals surface area contributed by atoms with Gasteiger partial charge in [-0.1, -0.05) is 0 Å². The number of nitrogens with zero attached hydrogens (tertiary/aromatic N) is 1. The van der Waals surface area contributed by atoms with Crippen LogP contribution in [0.1, 0.15) is 0 Å². The fourth-order valence-corrected chi connectivity index (χ4v) is 1.81. The van der Waals surface area contributed by atoms with Crippen molar-refractivity contribution in [2.45, 2.75) is 12.1 Å². The first-order valence-electron chi connectivity index (χ1n) is 5.18. The van der Waals surface area contributed by atoms with Crippen LogP contribution in [0.5, 0.6) is 0 Å². The highest BCUT2D eigenvalue weighted by molar-refractivity contribution is 5.81. The van der Waals surface area contributed by atoms with Crippen LogP contribution in [-0.4, -0.2) is 68.1 Å². The van der Waals surface area contributed by atoms with E-state index in [-0.39, 0.29) is 25.2 Å². The summed E-state index contributed by atoms with van der Waals surface area (Å²) in [5, 5.41) is 9.21. The summed E-state index contributed by atoms with van der Waals surface area (Å²) in [5.74, 6) is 4.80. The Labute approximate surface area is 94.5 Å². The maximum Gasteiger partial charge on any atom is 0.253 e. The Morgan fingerprint density at radius 2 is 2.56 bits per heavy atom. The zero-order chi connectivity index (χ0) is 12.0. The largest absolute Gasteiger partial charge is 0.395 e. The second-order valence-electron chi connectivity index (χ2n) is 3.63. The molecule has 0 aliphatic carbocycles. The van der Waals surface area contributed by atoms with Crippen molar-refractivity contribution in [2.75, 3.05) is 40.1 Å². The van der Waals surface area contributed by atoms with Gasteiger partial charge in [0.1, 0.15) is 6.04 Å². The third-order valence-corrected chi connectivity index (χ3v) is 2.65. The van der Waals surface area contributed by atoms with Gasteiger partial charge in [0, 0.05) is 13.7 Å². The predicted octanol–water partition coefficient (Wildman–Crippen LogP) is -2.32. The molecule has 2 unspecified atom stereocenters. The van der Waals surface area contributed by atoms with Crippen molar-refractivity contribution >= 4 is 5.91 Å². The fraction of sp³-hybridized carbons (Fsp3) is 0.889. The molecule has 0 aromatic heterocycles. The summed E-state index contributed by atoms with van der Waals surface area (Å²) < 4.78 is 10.2. The summed E-state index contributed by atoms with van der Waals surface area (Å²) in [7, 11) is 1.52. The second kappa shape index (κ2) is 6.77. The zero-order valence-corrected chi connectivity index (χ0v) is 9.39. The van der Waals surface area contributed by atoms with E-state index in [0.717, 1.165) is 0 Å². The number of hydrazine groups is 1. The van der Waals surface area contributed by atoms with E-state index < -0.39 is 6.04 Å². The van der Waals surface area contributed by atoms with E-state index in [1.807, 2.05) is 4.90 Å². The Balaban J connectivity index is 2.69. The van der Waals surface area contributed by atoms with Gasteiger partial charge in [-0.05, 0) is 0 Å². The molecule has 1 aliphatic heterocycles. The SMILES string of the molecule is COCC(C(=O)NN)N1CCOCC1CO. The van der Waals surface area contributed by atoms with Gasteiger partial charge in [0.05, 0.1) is 32.5 Å². The Morgan fingerprint density at radius 3 is 3.12 bits per heavy atom. The lowest BCUT2D eigenvalue weighted by Gasteiger charge is -2.38. The maximum absolute atomic E-state index is 11.6. The lowest BCUT2D eigenvalue weighted by atomic mass is 10.1. The van der Waals surface area contributed by atoms with Gasteiger partial charge in [0.2, 0.25) is 0 Å². The summed E-state index contributed by atoms with van der Waals surface area (Å²) in [6.45, 7) is 1.70. The molecule has 1 fully saturated rings. The van der Waals surface area contributed by atoms with Crippen LogP contribution >= 0.6 is 0 Å². The highest BCUT2D eigenvalue weighted by atomic mass is 16.5.